The summed E-state index contributed by atoms with van der Waals surface area (Å²) >= 11 is 1.01. The molecule has 136 valence electrons. The number of amides is 1. The van der Waals surface area contributed by atoms with Crippen molar-refractivity contribution >= 4 is 32.4 Å². The Hall–Kier alpha value is -2.00. The van der Waals surface area contributed by atoms with Crippen LogP contribution >= 0.6 is 11.3 Å². The molecule has 0 bridgehead atoms. The molecule has 0 radical (unpaired) electrons. The summed E-state index contributed by atoms with van der Waals surface area (Å²) in [6.07, 6.45) is 2.34. The highest BCUT2D eigenvalue weighted by atomic mass is 32.2. The molecule has 1 aromatic carbocycles. The first kappa shape index (κ1) is 19.3. The number of carbonyl (C=O) groups excluding carboxylic acids is 1. The third kappa shape index (κ3) is 4.16. The third-order valence-electron chi connectivity index (χ3n) is 4.14. The number of nitrogens with two attached hydrogens (primary N) is 1. The summed E-state index contributed by atoms with van der Waals surface area (Å²) in [5.74, 6) is -0.521. The van der Waals surface area contributed by atoms with E-state index in [1.807, 2.05) is 6.92 Å². The molecule has 1 aromatic heterocycles. The van der Waals surface area contributed by atoms with Crippen molar-refractivity contribution in [1.82, 2.24) is 10.2 Å². The predicted octanol–water partition coefficient (Wildman–Crippen LogP) is 2.44. The van der Waals surface area contributed by atoms with Gasteiger partial charge in [-0.05, 0) is 37.5 Å². The quantitative estimate of drug-likeness (QED) is 0.727. The van der Waals surface area contributed by atoms with E-state index >= 15 is 0 Å². The first-order chi connectivity index (χ1) is 11.7. The number of aromatic nitrogens is 2. The summed E-state index contributed by atoms with van der Waals surface area (Å²) in [6.45, 7) is 5.55. The minimum atomic E-state index is -3.76. The Labute approximate surface area is 151 Å². The Bertz CT molecular complexity index is 847. The monoisotopic (exact) mass is 382 g/mol. The van der Waals surface area contributed by atoms with Gasteiger partial charge in [-0.2, -0.15) is 0 Å². The number of rotatable bonds is 8. The van der Waals surface area contributed by atoms with Crippen molar-refractivity contribution in [3.05, 3.63) is 34.8 Å². The van der Waals surface area contributed by atoms with E-state index in [0.29, 0.717) is 11.4 Å². The van der Waals surface area contributed by atoms with Gasteiger partial charge >= 0.3 is 0 Å². The van der Waals surface area contributed by atoms with Crippen LogP contribution in [0.3, 0.4) is 0 Å². The van der Waals surface area contributed by atoms with Gasteiger partial charge in [-0.1, -0.05) is 43.7 Å². The minimum absolute atomic E-state index is 0.105. The van der Waals surface area contributed by atoms with Crippen LogP contribution in [0.15, 0.2) is 29.2 Å². The molecule has 25 heavy (non-hydrogen) atoms. The lowest BCUT2D eigenvalue weighted by atomic mass is 9.88. The number of benzene rings is 1. The number of nitrogens with zero attached hydrogens (tertiary/aromatic N) is 2. The Balaban J connectivity index is 2.23. The van der Waals surface area contributed by atoms with E-state index in [9.17, 15) is 13.2 Å². The number of carbonyl (C=O) groups is 1. The topological polar surface area (TPSA) is 115 Å². The summed E-state index contributed by atoms with van der Waals surface area (Å²) in [7, 11) is -3.76. The van der Waals surface area contributed by atoms with Crippen molar-refractivity contribution in [2.75, 3.05) is 4.72 Å². The average molecular weight is 383 g/mol. The molecule has 3 N–H and O–H groups in total. The fourth-order valence-corrected chi connectivity index (χ4v) is 4.41. The van der Waals surface area contributed by atoms with Crippen molar-refractivity contribution in [3.63, 3.8) is 0 Å². The standard InChI is InChI=1S/C16H22N4O3S2/c1-4-6-11-7-9-12(10-8-11)25(22,23)20-15-19-18-14(24-15)16(3,5-2)13(17)21/h7-10H,4-6H2,1-3H3,(H2,17,21)(H,19,20). The van der Waals surface area contributed by atoms with Gasteiger partial charge < -0.3 is 5.73 Å². The van der Waals surface area contributed by atoms with Crippen molar-refractivity contribution in [2.24, 2.45) is 5.73 Å². The third-order valence-corrected chi connectivity index (χ3v) is 6.73. The van der Waals surface area contributed by atoms with Crippen LogP contribution in [0.2, 0.25) is 0 Å². The fourth-order valence-electron chi connectivity index (χ4n) is 2.22. The van der Waals surface area contributed by atoms with Gasteiger partial charge in [-0.15, -0.1) is 10.2 Å². The van der Waals surface area contributed by atoms with Gasteiger partial charge in [-0.3, -0.25) is 9.52 Å². The van der Waals surface area contributed by atoms with E-state index in [1.165, 1.54) is 0 Å². The van der Waals surface area contributed by atoms with E-state index in [0.717, 1.165) is 29.7 Å². The van der Waals surface area contributed by atoms with E-state index in [2.05, 4.69) is 21.8 Å². The van der Waals surface area contributed by atoms with Crippen molar-refractivity contribution in [3.8, 4) is 0 Å². The molecule has 0 aliphatic heterocycles. The van der Waals surface area contributed by atoms with Crippen LogP contribution in [-0.4, -0.2) is 24.5 Å². The molecule has 7 nitrogen and oxygen atoms in total. The molecule has 1 amide bonds. The highest BCUT2D eigenvalue weighted by Crippen LogP contribution is 2.32. The molecule has 1 heterocycles. The van der Waals surface area contributed by atoms with Crippen LogP contribution in [0.25, 0.3) is 0 Å². The molecule has 0 saturated heterocycles. The number of hydrogen-bond donors (Lipinski definition) is 2. The summed E-state index contributed by atoms with van der Waals surface area (Å²) in [6, 6.07) is 6.72. The zero-order chi connectivity index (χ0) is 18.7. The zero-order valence-electron chi connectivity index (χ0n) is 14.4. The highest BCUT2D eigenvalue weighted by molar-refractivity contribution is 7.93. The maximum Gasteiger partial charge on any atom is 0.263 e. The molecule has 0 saturated carbocycles. The summed E-state index contributed by atoms with van der Waals surface area (Å²) in [4.78, 5) is 11.8. The van der Waals surface area contributed by atoms with Crippen LogP contribution in [0.5, 0.6) is 0 Å². The van der Waals surface area contributed by atoms with Crippen LogP contribution in [-0.2, 0) is 26.7 Å². The molecule has 1 unspecified atom stereocenters. The summed E-state index contributed by atoms with van der Waals surface area (Å²) in [5, 5.41) is 8.27. The molecular weight excluding hydrogens is 360 g/mol. The van der Waals surface area contributed by atoms with Gasteiger partial charge in [0.2, 0.25) is 11.0 Å². The number of primary amides is 1. The molecule has 1 atom stereocenters. The normalized spacial score (nSPS) is 14.0. The van der Waals surface area contributed by atoms with E-state index in [1.54, 1.807) is 31.2 Å². The van der Waals surface area contributed by atoms with Crippen LogP contribution in [0.1, 0.15) is 44.2 Å². The smallest absolute Gasteiger partial charge is 0.263 e. The molecule has 0 aliphatic carbocycles. The zero-order valence-corrected chi connectivity index (χ0v) is 16.1. The second kappa shape index (κ2) is 7.49. The van der Waals surface area contributed by atoms with Gasteiger partial charge in [0.1, 0.15) is 5.01 Å². The lowest BCUT2D eigenvalue weighted by molar-refractivity contribution is -0.123. The van der Waals surface area contributed by atoms with Crippen LogP contribution in [0, 0.1) is 0 Å². The predicted molar refractivity (Wildman–Crippen MR) is 98.0 cm³/mol. The Kier molecular flexibility index (Phi) is 5.79. The van der Waals surface area contributed by atoms with Gasteiger partial charge in [0.05, 0.1) is 10.3 Å². The fraction of sp³-hybridized carbons (Fsp3) is 0.438. The highest BCUT2D eigenvalue weighted by Gasteiger charge is 2.35. The maximum atomic E-state index is 12.5. The first-order valence-corrected chi connectivity index (χ1v) is 10.3. The molecule has 2 aromatic rings. The van der Waals surface area contributed by atoms with Gasteiger partial charge in [-0.25, -0.2) is 8.42 Å². The number of nitrogens with one attached hydrogen (secondary N) is 1. The van der Waals surface area contributed by atoms with Crippen molar-refractivity contribution in [2.45, 2.75) is 50.3 Å². The van der Waals surface area contributed by atoms with Crippen LogP contribution in [0.4, 0.5) is 5.13 Å². The molecule has 0 aliphatic rings. The molecule has 0 fully saturated rings. The maximum absolute atomic E-state index is 12.5. The first-order valence-electron chi connectivity index (χ1n) is 7.98. The molecule has 0 spiro atoms. The Morgan fingerprint density at radius 1 is 1.24 bits per heavy atom. The van der Waals surface area contributed by atoms with E-state index < -0.39 is 21.3 Å². The number of aryl methyl sites for hydroxylation is 1. The Morgan fingerprint density at radius 3 is 2.40 bits per heavy atom. The van der Waals surface area contributed by atoms with Crippen molar-refractivity contribution in [1.29, 1.82) is 0 Å². The molecular formula is C16H22N4O3S2. The Morgan fingerprint density at radius 2 is 1.88 bits per heavy atom. The number of anilines is 1. The minimum Gasteiger partial charge on any atom is -0.369 e. The van der Waals surface area contributed by atoms with Gasteiger partial charge in [0.15, 0.2) is 0 Å². The van der Waals surface area contributed by atoms with E-state index in [-0.39, 0.29) is 10.0 Å². The van der Waals surface area contributed by atoms with Crippen molar-refractivity contribution < 1.29 is 13.2 Å². The SMILES string of the molecule is CCCc1ccc(S(=O)(=O)Nc2nnc(C(C)(CC)C(N)=O)s2)cc1. The van der Waals surface area contributed by atoms with Gasteiger partial charge in [0, 0.05) is 0 Å². The lowest BCUT2D eigenvalue weighted by Gasteiger charge is -2.20. The second-order valence-electron chi connectivity index (χ2n) is 5.96. The van der Waals surface area contributed by atoms with Gasteiger partial charge in [0.25, 0.3) is 10.0 Å². The number of sulfonamides is 1. The number of hydrogen-bond acceptors (Lipinski definition) is 6. The summed E-state index contributed by atoms with van der Waals surface area (Å²) < 4.78 is 27.3. The largest absolute Gasteiger partial charge is 0.369 e. The summed E-state index contributed by atoms with van der Waals surface area (Å²) in [5.41, 5.74) is 5.56. The average Bonchev–Trinajstić information content (AvgIpc) is 3.03. The molecule has 2 rings (SSSR count). The lowest BCUT2D eigenvalue weighted by Crippen LogP contribution is -2.37. The van der Waals surface area contributed by atoms with Crippen LogP contribution < -0.4 is 10.5 Å². The molecule has 9 heteroatoms. The second-order valence-corrected chi connectivity index (χ2v) is 8.62. The van der Waals surface area contributed by atoms with E-state index in [4.69, 9.17) is 5.73 Å².